The maximum absolute atomic E-state index is 2.27. The van der Waals surface area contributed by atoms with Crippen molar-refractivity contribution in [2.24, 2.45) is 5.92 Å². The first-order valence-electron chi connectivity index (χ1n) is 4.72. The van der Waals surface area contributed by atoms with Gasteiger partial charge in [0.15, 0.2) is 0 Å². The molecule has 2 aromatic rings. The highest BCUT2D eigenvalue weighted by Gasteiger charge is 2.04. The molecule has 0 bridgehead atoms. The molecule has 1 aromatic heterocycles. The van der Waals surface area contributed by atoms with Crippen LogP contribution in [0.5, 0.6) is 0 Å². The predicted octanol–water partition coefficient (Wildman–Crippen LogP) is 4.10. The smallest absolute Gasteiger partial charge is 0.0126 e. The normalized spacial score (nSPS) is 11.3. The summed E-state index contributed by atoms with van der Waals surface area (Å²) in [5.41, 5.74) is 0. The molecule has 0 aliphatic heterocycles. The van der Waals surface area contributed by atoms with Crippen LogP contribution < -0.4 is 0 Å². The van der Waals surface area contributed by atoms with Gasteiger partial charge in [-0.3, -0.25) is 0 Å². The Morgan fingerprint density at radius 1 is 1.23 bits per heavy atom. The average Bonchev–Trinajstić information content (AvgIpc) is 2.48. The van der Waals surface area contributed by atoms with Gasteiger partial charge in [-0.25, -0.2) is 0 Å². The van der Waals surface area contributed by atoms with Crippen molar-refractivity contribution in [2.75, 3.05) is 0 Å². The van der Waals surface area contributed by atoms with E-state index in [1.807, 2.05) is 11.3 Å². The Bertz CT molecular complexity index is 398. The molecule has 2 rings (SSSR count). The van der Waals surface area contributed by atoms with E-state index in [2.05, 4.69) is 43.5 Å². The van der Waals surface area contributed by atoms with E-state index in [1.165, 1.54) is 22.1 Å². The summed E-state index contributed by atoms with van der Waals surface area (Å²) in [6.45, 7) is 4.54. The molecule has 0 amide bonds. The van der Waals surface area contributed by atoms with Gasteiger partial charge in [0.25, 0.3) is 0 Å². The average molecular weight is 190 g/mol. The number of benzene rings is 1. The molecule has 0 N–H and O–H groups in total. The van der Waals surface area contributed by atoms with Crippen LogP contribution in [0.4, 0.5) is 0 Å². The molecule has 1 aromatic carbocycles. The van der Waals surface area contributed by atoms with Gasteiger partial charge in [0, 0.05) is 4.88 Å². The zero-order chi connectivity index (χ0) is 9.26. The first-order valence-corrected chi connectivity index (χ1v) is 5.60. The minimum Gasteiger partial charge on any atom is -0.148 e. The number of hydrogen-bond acceptors (Lipinski definition) is 1. The fourth-order valence-corrected chi connectivity index (χ4v) is 2.80. The minimum atomic E-state index is 0.752. The molecule has 13 heavy (non-hydrogen) atoms. The first-order chi connectivity index (χ1) is 6.27. The van der Waals surface area contributed by atoms with E-state index in [9.17, 15) is 0 Å². The Balaban J connectivity index is 2.46. The standard InChI is InChI=1S/C12H14S/c1-9(2)7-12-11-6-4-3-5-10(11)8-13-12/h3-6,8-9H,7H2,1-2H3. The highest BCUT2D eigenvalue weighted by Crippen LogP contribution is 2.27. The molecule has 0 atom stereocenters. The number of fused-ring (bicyclic) bond motifs is 1. The molecule has 0 unspecified atom stereocenters. The molecule has 1 heterocycles. The molecule has 0 aliphatic carbocycles. The van der Waals surface area contributed by atoms with E-state index in [0.29, 0.717) is 0 Å². The summed E-state index contributed by atoms with van der Waals surface area (Å²) in [6, 6.07) is 8.65. The van der Waals surface area contributed by atoms with E-state index in [0.717, 1.165) is 5.92 Å². The van der Waals surface area contributed by atoms with Gasteiger partial charge in [-0.15, -0.1) is 11.3 Å². The van der Waals surface area contributed by atoms with Crippen molar-refractivity contribution < 1.29 is 0 Å². The second-order valence-corrected chi connectivity index (χ2v) is 4.81. The maximum Gasteiger partial charge on any atom is 0.0126 e. The zero-order valence-corrected chi connectivity index (χ0v) is 8.90. The van der Waals surface area contributed by atoms with Crippen LogP contribution in [0.15, 0.2) is 29.6 Å². The molecule has 0 aliphatic rings. The quantitative estimate of drug-likeness (QED) is 0.669. The maximum atomic E-state index is 2.27. The SMILES string of the molecule is CC(C)Cc1scc2ccccc12. The van der Waals surface area contributed by atoms with Gasteiger partial charge in [0.1, 0.15) is 0 Å². The van der Waals surface area contributed by atoms with Crippen LogP contribution in [0.1, 0.15) is 18.7 Å². The molecule has 0 nitrogen and oxygen atoms in total. The molecule has 0 radical (unpaired) electrons. The minimum absolute atomic E-state index is 0.752. The summed E-state index contributed by atoms with van der Waals surface area (Å²) in [5.74, 6) is 0.752. The Kier molecular flexibility index (Phi) is 2.36. The summed E-state index contributed by atoms with van der Waals surface area (Å²) >= 11 is 1.89. The van der Waals surface area contributed by atoms with Crippen molar-refractivity contribution in [3.8, 4) is 0 Å². The summed E-state index contributed by atoms with van der Waals surface area (Å²) in [6.07, 6.45) is 1.21. The summed E-state index contributed by atoms with van der Waals surface area (Å²) in [5, 5.41) is 5.09. The van der Waals surface area contributed by atoms with Gasteiger partial charge in [0.05, 0.1) is 0 Å². The van der Waals surface area contributed by atoms with E-state index in [1.54, 1.807) is 0 Å². The van der Waals surface area contributed by atoms with Gasteiger partial charge in [-0.1, -0.05) is 38.1 Å². The largest absolute Gasteiger partial charge is 0.148 e. The lowest BCUT2D eigenvalue weighted by atomic mass is 10.1. The molecule has 0 fully saturated rings. The van der Waals surface area contributed by atoms with Crippen LogP contribution in [0.25, 0.3) is 10.8 Å². The third-order valence-electron chi connectivity index (χ3n) is 2.18. The number of rotatable bonds is 2. The van der Waals surface area contributed by atoms with E-state index in [4.69, 9.17) is 0 Å². The molecular weight excluding hydrogens is 176 g/mol. The van der Waals surface area contributed by atoms with Crippen molar-refractivity contribution in [1.82, 2.24) is 0 Å². The number of hydrogen-bond donors (Lipinski definition) is 0. The predicted molar refractivity (Wildman–Crippen MR) is 60.4 cm³/mol. The van der Waals surface area contributed by atoms with Crippen molar-refractivity contribution in [1.29, 1.82) is 0 Å². The first kappa shape index (κ1) is 8.76. The fraction of sp³-hybridized carbons (Fsp3) is 0.333. The lowest BCUT2D eigenvalue weighted by Gasteiger charge is -2.01. The molecular formula is C12H14S. The van der Waals surface area contributed by atoms with Crippen LogP contribution in [0, 0.1) is 5.92 Å². The van der Waals surface area contributed by atoms with Gasteiger partial charge in [-0.05, 0) is 28.5 Å². The molecule has 0 spiro atoms. The second kappa shape index (κ2) is 3.51. The van der Waals surface area contributed by atoms with Crippen molar-refractivity contribution in [2.45, 2.75) is 20.3 Å². The molecule has 1 heteroatoms. The van der Waals surface area contributed by atoms with Gasteiger partial charge < -0.3 is 0 Å². The number of thiophene rings is 1. The van der Waals surface area contributed by atoms with E-state index >= 15 is 0 Å². The van der Waals surface area contributed by atoms with Crippen LogP contribution in [-0.4, -0.2) is 0 Å². The lowest BCUT2D eigenvalue weighted by molar-refractivity contribution is 0.656. The summed E-state index contributed by atoms with van der Waals surface area (Å²) in [7, 11) is 0. The van der Waals surface area contributed by atoms with Crippen LogP contribution in [-0.2, 0) is 6.42 Å². The van der Waals surface area contributed by atoms with Gasteiger partial charge in [-0.2, -0.15) is 0 Å². The van der Waals surface area contributed by atoms with E-state index < -0.39 is 0 Å². The monoisotopic (exact) mass is 190 g/mol. The highest BCUT2D eigenvalue weighted by molar-refractivity contribution is 7.11. The Labute approximate surface area is 83.2 Å². The fourth-order valence-electron chi connectivity index (χ4n) is 1.58. The van der Waals surface area contributed by atoms with Crippen molar-refractivity contribution in [3.05, 3.63) is 34.5 Å². The summed E-state index contributed by atoms with van der Waals surface area (Å²) in [4.78, 5) is 1.53. The van der Waals surface area contributed by atoms with Crippen LogP contribution >= 0.6 is 11.3 Å². The third-order valence-corrected chi connectivity index (χ3v) is 3.23. The van der Waals surface area contributed by atoms with Gasteiger partial charge in [0.2, 0.25) is 0 Å². The van der Waals surface area contributed by atoms with Crippen LogP contribution in [0.3, 0.4) is 0 Å². The molecule has 0 saturated heterocycles. The van der Waals surface area contributed by atoms with Crippen LogP contribution in [0.2, 0.25) is 0 Å². The highest BCUT2D eigenvalue weighted by atomic mass is 32.1. The van der Waals surface area contributed by atoms with Gasteiger partial charge >= 0.3 is 0 Å². The Morgan fingerprint density at radius 3 is 2.77 bits per heavy atom. The van der Waals surface area contributed by atoms with Crippen molar-refractivity contribution >= 4 is 22.1 Å². The summed E-state index contributed by atoms with van der Waals surface area (Å²) < 4.78 is 0. The Hall–Kier alpha value is -0.820. The molecule has 68 valence electrons. The zero-order valence-electron chi connectivity index (χ0n) is 8.08. The topological polar surface area (TPSA) is 0 Å². The second-order valence-electron chi connectivity index (χ2n) is 3.84. The third kappa shape index (κ3) is 1.75. The van der Waals surface area contributed by atoms with Crippen molar-refractivity contribution in [3.63, 3.8) is 0 Å². The molecule has 0 saturated carbocycles. The van der Waals surface area contributed by atoms with E-state index in [-0.39, 0.29) is 0 Å². The Morgan fingerprint density at radius 2 is 2.00 bits per heavy atom. The lowest BCUT2D eigenvalue weighted by Crippen LogP contribution is -1.90.